The molecule has 0 saturated carbocycles. The van der Waals surface area contributed by atoms with E-state index in [4.69, 9.17) is 0 Å². The normalized spacial score (nSPS) is 10.2. The van der Waals surface area contributed by atoms with E-state index in [9.17, 15) is 0 Å². The van der Waals surface area contributed by atoms with Gasteiger partial charge in [0.25, 0.3) is 0 Å². The Morgan fingerprint density at radius 1 is 1.18 bits per heavy atom. The van der Waals surface area contributed by atoms with Crippen molar-refractivity contribution in [2.24, 2.45) is 0 Å². The minimum atomic E-state index is 0.683. The van der Waals surface area contributed by atoms with Gasteiger partial charge in [0, 0.05) is 36.9 Å². The summed E-state index contributed by atoms with van der Waals surface area (Å²) in [4.78, 5) is 12.7. The summed E-state index contributed by atoms with van der Waals surface area (Å²) in [6, 6.07) is 1.98. The molecule has 0 aliphatic rings. The maximum absolute atomic E-state index is 4.29. The summed E-state index contributed by atoms with van der Waals surface area (Å²) in [7, 11) is 0. The Hall–Kier alpha value is -1.97. The number of aromatic nitrogens is 3. The first-order valence-corrected chi connectivity index (χ1v) is 5.78. The lowest BCUT2D eigenvalue weighted by Crippen LogP contribution is -2.03. The number of nitrogens with one attached hydrogen (secondary N) is 1. The van der Waals surface area contributed by atoms with Crippen LogP contribution in [0.15, 0.2) is 30.9 Å². The maximum atomic E-state index is 4.29. The zero-order valence-electron chi connectivity index (χ0n) is 10.1. The Morgan fingerprint density at radius 3 is 2.59 bits per heavy atom. The van der Waals surface area contributed by atoms with Crippen molar-refractivity contribution in [3.8, 4) is 11.1 Å². The first-order valence-electron chi connectivity index (χ1n) is 5.78. The van der Waals surface area contributed by atoms with Crippen molar-refractivity contribution in [3.63, 3.8) is 0 Å². The molecule has 2 aromatic heterocycles. The van der Waals surface area contributed by atoms with Gasteiger partial charge in [-0.15, -0.1) is 0 Å². The van der Waals surface area contributed by atoms with Crippen LogP contribution in [0.4, 0.5) is 5.95 Å². The van der Waals surface area contributed by atoms with Gasteiger partial charge in [0.15, 0.2) is 0 Å². The highest BCUT2D eigenvalue weighted by molar-refractivity contribution is 5.65. The fraction of sp³-hybridized carbons (Fsp3) is 0.308. The van der Waals surface area contributed by atoms with Crippen LogP contribution in [0.25, 0.3) is 11.1 Å². The van der Waals surface area contributed by atoms with Crippen molar-refractivity contribution in [3.05, 3.63) is 36.4 Å². The monoisotopic (exact) mass is 228 g/mol. The Labute approximate surface area is 101 Å². The predicted octanol–water partition coefficient (Wildman–Crippen LogP) is 2.67. The van der Waals surface area contributed by atoms with Gasteiger partial charge < -0.3 is 5.32 Å². The van der Waals surface area contributed by atoms with Gasteiger partial charge in [-0.2, -0.15) is 0 Å². The largest absolute Gasteiger partial charge is 0.354 e. The second-order valence-electron chi connectivity index (χ2n) is 3.91. The third-order valence-corrected chi connectivity index (χ3v) is 2.52. The van der Waals surface area contributed by atoms with E-state index in [-0.39, 0.29) is 0 Å². The average Bonchev–Trinajstić information content (AvgIpc) is 2.38. The smallest absolute Gasteiger partial charge is 0.222 e. The van der Waals surface area contributed by atoms with Crippen molar-refractivity contribution in [1.82, 2.24) is 15.0 Å². The molecule has 0 aromatic carbocycles. The Balaban J connectivity index is 2.21. The minimum Gasteiger partial charge on any atom is -0.354 e. The number of hydrogen-bond acceptors (Lipinski definition) is 4. The van der Waals surface area contributed by atoms with Crippen LogP contribution in [-0.4, -0.2) is 21.5 Å². The molecule has 0 fully saturated rings. The first kappa shape index (κ1) is 11.5. The summed E-state index contributed by atoms with van der Waals surface area (Å²) < 4.78 is 0. The lowest BCUT2D eigenvalue weighted by Gasteiger charge is -2.06. The second kappa shape index (κ2) is 5.39. The molecule has 0 aliphatic carbocycles. The summed E-state index contributed by atoms with van der Waals surface area (Å²) in [6.07, 6.45) is 8.37. The standard InChI is InChI=1S/C13H16N4/c1-3-5-15-13-16-8-11(9-17-13)12-4-6-14-7-10(12)2/h4,6-9H,3,5H2,1-2H3,(H,15,16,17). The molecule has 0 bridgehead atoms. The van der Waals surface area contributed by atoms with E-state index in [0.29, 0.717) is 5.95 Å². The second-order valence-corrected chi connectivity index (χ2v) is 3.91. The fourth-order valence-corrected chi connectivity index (χ4v) is 1.59. The molecule has 0 unspecified atom stereocenters. The van der Waals surface area contributed by atoms with Crippen LogP contribution in [0.5, 0.6) is 0 Å². The Morgan fingerprint density at radius 2 is 1.94 bits per heavy atom. The van der Waals surface area contributed by atoms with Crippen molar-refractivity contribution in [2.75, 3.05) is 11.9 Å². The van der Waals surface area contributed by atoms with E-state index in [2.05, 4.69) is 27.2 Å². The summed E-state index contributed by atoms with van der Waals surface area (Å²) in [6.45, 7) is 5.04. The number of nitrogens with zero attached hydrogens (tertiary/aromatic N) is 3. The van der Waals surface area contributed by atoms with Gasteiger partial charge in [-0.3, -0.25) is 4.98 Å². The van der Waals surface area contributed by atoms with Gasteiger partial charge in [0.05, 0.1) is 0 Å². The molecular formula is C13H16N4. The Kier molecular flexibility index (Phi) is 3.65. The summed E-state index contributed by atoms with van der Waals surface area (Å²) in [5.41, 5.74) is 3.28. The van der Waals surface area contributed by atoms with Crippen molar-refractivity contribution < 1.29 is 0 Å². The van der Waals surface area contributed by atoms with Crippen LogP contribution >= 0.6 is 0 Å². The zero-order chi connectivity index (χ0) is 12.1. The maximum Gasteiger partial charge on any atom is 0.222 e. The molecule has 0 aliphatic heterocycles. The average molecular weight is 228 g/mol. The molecule has 17 heavy (non-hydrogen) atoms. The van der Waals surface area contributed by atoms with Crippen molar-refractivity contribution >= 4 is 5.95 Å². The van der Waals surface area contributed by atoms with Crippen LogP contribution in [0.3, 0.4) is 0 Å². The molecule has 1 N–H and O–H groups in total. The third kappa shape index (κ3) is 2.78. The van der Waals surface area contributed by atoms with Gasteiger partial charge in [0.1, 0.15) is 0 Å². The van der Waals surface area contributed by atoms with Crippen LogP contribution < -0.4 is 5.32 Å². The van der Waals surface area contributed by atoms with Crippen LogP contribution in [0.2, 0.25) is 0 Å². The minimum absolute atomic E-state index is 0.683. The van der Waals surface area contributed by atoms with Gasteiger partial charge >= 0.3 is 0 Å². The topological polar surface area (TPSA) is 50.7 Å². The number of pyridine rings is 1. The molecule has 88 valence electrons. The van der Waals surface area contributed by atoms with Crippen LogP contribution in [-0.2, 0) is 0 Å². The molecule has 2 aromatic rings. The van der Waals surface area contributed by atoms with E-state index in [1.807, 2.05) is 31.6 Å². The highest BCUT2D eigenvalue weighted by Gasteiger charge is 2.02. The summed E-state index contributed by atoms with van der Waals surface area (Å²) in [5.74, 6) is 0.683. The quantitative estimate of drug-likeness (QED) is 0.874. The van der Waals surface area contributed by atoms with Gasteiger partial charge in [-0.25, -0.2) is 9.97 Å². The van der Waals surface area contributed by atoms with E-state index < -0.39 is 0 Å². The highest BCUT2D eigenvalue weighted by Crippen LogP contribution is 2.20. The van der Waals surface area contributed by atoms with E-state index in [1.54, 1.807) is 6.20 Å². The lowest BCUT2D eigenvalue weighted by atomic mass is 10.1. The van der Waals surface area contributed by atoms with Gasteiger partial charge in [-0.05, 0) is 30.5 Å². The van der Waals surface area contributed by atoms with Crippen molar-refractivity contribution in [2.45, 2.75) is 20.3 Å². The van der Waals surface area contributed by atoms with E-state index in [0.717, 1.165) is 29.7 Å². The SMILES string of the molecule is CCCNc1ncc(-c2ccncc2C)cn1. The zero-order valence-corrected chi connectivity index (χ0v) is 10.1. The Bertz CT molecular complexity index is 479. The lowest BCUT2D eigenvalue weighted by molar-refractivity contribution is 0.952. The molecular weight excluding hydrogens is 212 g/mol. The number of rotatable bonds is 4. The molecule has 0 atom stereocenters. The molecule has 0 radical (unpaired) electrons. The third-order valence-electron chi connectivity index (χ3n) is 2.52. The molecule has 4 heteroatoms. The molecule has 2 heterocycles. The predicted molar refractivity (Wildman–Crippen MR) is 68.8 cm³/mol. The molecule has 0 saturated heterocycles. The fourth-order valence-electron chi connectivity index (χ4n) is 1.59. The van der Waals surface area contributed by atoms with Gasteiger partial charge in [-0.1, -0.05) is 6.92 Å². The number of hydrogen-bond donors (Lipinski definition) is 1. The first-order chi connectivity index (χ1) is 8.31. The number of anilines is 1. The molecule has 0 amide bonds. The summed E-state index contributed by atoms with van der Waals surface area (Å²) >= 11 is 0. The van der Waals surface area contributed by atoms with Crippen LogP contribution in [0.1, 0.15) is 18.9 Å². The molecule has 2 rings (SSSR count). The van der Waals surface area contributed by atoms with Crippen LogP contribution in [0, 0.1) is 6.92 Å². The molecule has 0 spiro atoms. The molecule has 4 nitrogen and oxygen atoms in total. The highest BCUT2D eigenvalue weighted by atomic mass is 15.1. The van der Waals surface area contributed by atoms with Crippen molar-refractivity contribution in [1.29, 1.82) is 0 Å². The van der Waals surface area contributed by atoms with E-state index in [1.165, 1.54) is 0 Å². The summed E-state index contributed by atoms with van der Waals surface area (Å²) in [5, 5.41) is 3.15. The number of aryl methyl sites for hydroxylation is 1. The van der Waals surface area contributed by atoms with E-state index >= 15 is 0 Å². The van der Waals surface area contributed by atoms with Gasteiger partial charge in [0.2, 0.25) is 5.95 Å².